The molecule has 0 aromatic carbocycles. The summed E-state index contributed by atoms with van der Waals surface area (Å²) in [7, 11) is -1.87. The molecule has 1 fully saturated rings. The maximum Gasteiger partial charge on any atom is 0.250 e. The Morgan fingerprint density at radius 1 is 1.58 bits per heavy atom. The Kier molecular flexibility index (Phi) is 4.04. The van der Waals surface area contributed by atoms with Gasteiger partial charge in [-0.3, -0.25) is 0 Å². The summed E-state index contributed by atoms with van der Waals surface area (Å²) in [6.45, 7) is 3.84. The van der Waals surface area contributed by atoms with E-state index < -0.39 is 10.0 Å². The first-order chi connectivity index (χ1) is 8.81. The molecule has 108 valence electrons. The highest BCUT2D eigenvalue weighted by molar-refractivity contribution is 7.91. The average molecular weight is 305 g/mol. The topological polar surface area (TPSA) is 75.6 Å². The van der Waals surface area contributed by atoms with E-state index in [4.69, 9.17) is 9.84 Å². The minimum absolute atomic E-state index is 0.0801. The molecule has 7 heteroatoms. The molecule has 1 aromatic rings. The van der Waals surface area contributed by atoms with Crippen LogP contribution in [-0.4, -0.2) is 32.8 Å². The van der Waals surface area contributed by atoms with Crippen molar-refractivity contribution in [1.82, 2.24) is 4.72 Å². The molecule has 1 saturated carbocycles. The summed E-state index contributed by atoms with van der Waals surface area (Å²) < 4.78 is 32.7. The standard InChI is InChI=1S/C12H19NO4S2/c1-12(2)9(5-10(12)17-3)13-19(15,16)11-4-8(6-14)7-18-11/h4,7,9-10,13-14H,5-6H2,1-3H3. The van der Waals surface area contributed by atoms with E-state index in [1.165, 1.54) is 6.07 Å². The molecular weight excluding hydrogens is 286 g/mol. The number of methoxy groups -OCH3 is 1. The number of sulfonamides is 1. The SMILES string of the molecule is COC1CC(NS(=O)(=O)c2cc(CO)cs2)C1(C)C. The molecule has 1 heterocycles. The third kappa shape index (κ3) is 2.71. The molecule has 19 heavy (non-hydrogen) atoms. The van der Waals surface area contributed by atoms with E-state index in [0.717, 1.165) is 11.3 Å². The molecule has 2 rings (SSSR count). The second-order valence-electron chi connectivity index (χ2n) is 5.39. The molecule has 2 N–H and O–H groups in total. The molecule has 2 unspecified atom stereocenters. The van der Waals surface area contributed by atoms with Gasteiger partial charge in [0.1, 0.15) is 4.21 Å². The minimum atomic E-state index is -3.51. The average Bonchev–Trinajstić information content (AvgIpc) is 2.83. The zero-order valence-corrected chi connectivity index (χ0v) is 12.8. The number of hydrogen-bond acceptors (Lipinski definition) is 5. The van der Waals surface area contributed by atoms with Gasteiger partial charge in [-0.2, -0.15) is 0 Å². The lowest BCUT2D eigenvalue weighted by Gasteiger charge is -2.50. The van der Waals surface area contributed by atoms with Gasteiger partial charge in [0.15, 0.2) is 0 Å². The summed E-state index contributed by atoms with van der Waals surface area (Å²) in [5.41, 5.74) is 0.409. The smallest absolute Gasteiger partial charge is 0.250 e. The number of thiophene rings is 1. The van der Waals surface area contributed by atoms with Crippen LogP contribution in [0, 0.1) is 5.41 Å². The van der Waals surface area contributed by atoms with Crippen LogP contribution in [-0.2, 0) is 21.4 Å². The molecule has 1 aliphatic rings. The predicted octanol–water partition coefficient (Wildman–Crippen LogP) is 1.33. The highest BCUT2D eigenvalue weighted by Gasteiger charge is 2.50. The number of nitrogens with one attached hydrogen (secondary N) is 1. The largest absolute Gasteiger partial charge is 0.392 e. The van der Waals surface area contributed by atoms with Gasteiger partial charge in [-0.1, -0.05) is 13.8 Å². The van der Waals surface area contributed by atoms with Gasteiger partial charge in [-0.15, -0.1) is 11.3 Å². The molecule has 0 aliphatic heterocycles. The van der Waals surface area contributed by atoms with Crippen molar-refractivity contribution in [3.05, 3.63) is 17.0 Å². The first-order valence-corrected chi connectivity index (χ1v) is 8.41. The monoisotopic (exact) mass is 305 g/mol. The van der Waals surface area contributed by atoms with E-state index in [1.54, 1.807) is 12.5 Å². The molecule has 1 aliphatic carbocycles. The van der Waals surface area contributed by atoms with E-state index in [2.05, 4.69) is 4.72 Å². The van der Waals surface area contributed by atoms with Crippen molar-refractivity contribution in [2.24, 2.45) is 5.41 Å². The fraction of sp³-hybridized carbons (Fsp3) is 0.667. The number of rotatable bonds is 5. The highest BCUT2D eigenvalue weighted by Crippen LogP contribution is 2.43. The molecule has 0 radical (unpaired) electrons. The van der Waals surface area contributed by atoms with Crippen LogP contribution in [0.5, 0.6) is 0 Å². The molecule has 0 spiro atoms. The summed E-state index contributed by atoms with van der Waals surface area (Å²) in [5.74, 6) is 0. The van der Waals surface area contributed by atoms with Crippen molar-refractivity contribution in [2.75, 3.05) is 7.11 Å². The van der Waals surface area contributed by atoms with E-state index in [0.29, 0.717) is 12.0 Å². The molecule has 0 bridgehead atoms. The van der Waals surface area contributed by atoms with Gasteiger partial charge in [0, 0.05) is 18.6 Å². The van der Waals surface area contributed by atoms with Gasteiger partial charge in [-0.25, -0.2) is 13.1 Å². The van der Waals surface area contributed by atoms with Crippen molar-refractivity contribution in [1.29, 1.82) is 0 Å². The summed E-state index contributed by atoms with van der Waals surface area (Å²) in [5, 5.41) is 10.6. The van der Waals surface area contributed by atoms with Crippen LogP contribution in [0.4, 0.5) is 0 Å². The van der Waals surface area contributed by atoms with Gasteiger partial charge in [0.2, 0.25) is 10.0 Å². The van der Waals surface area contributed by atoms with Gasteiger partial charge < -0.3 is 9.84 Å². The Balaban J connectivity index is 2.11. The van der Waals surface area contributed by atoms with E-state index in [-0.39, 0.29) is 28.4 Å². The van der Waals surface area contributed by atoms with Crippen LogP contribution >= 0.6 is 11.3 Å². The fourth-order valence-corrected chi connectivity index (χ4v) is 4.93. The second kappa shape index (κ2) is 5.14. The number of ether oxygens (including phenoxy) is 1. The van der Waals surface area contributed by atoms with Crippen molar-refractivity contribution in [2.45, 2.75) is 43.2 Å². The second-order valence-corrected chi connectivity index (χ2v) is 8.24. The Morgan fingerprint density at radius 3 is 2.74 bits per heavy atom. The first-order valence-electron chi connectivity index (χ1n) is 6.04. The van der Waals surface area contributed by atoms with Crippen LogP contribution in [0.1, 0.15) is 25.8 Å². The first kappa shape index (κ1) is 14.9. The zero-order valence-electron chi connectivity index (χ0n) is 11.2. The van der Waals surface area contributed by atoms with Crippen molar-refractivity contribution >= 4 is 21.4 Å². The highest BCUT2D eigenvalue weighted by atomic mass is 32.2. The molecule has 5 nitrogen and oxygen atoms in total. The van der Waals surface area contributed by atoms with Crippen LogP contribution in [0.2, 0.25) is 0 Å². The van der Waals surface area contributed by atoms with Crippen LogP contribution in [0.25, 0.3) is 0 Å². The number of hydrogen-bond donors (Lipinski definition) is 2. The van der Waals surface area contributed by atoms with Crippen LogP contribution in [0.15, 0.2) is 15.7 Å². The Hall–Kier alpha value is -0.470. The summed E-state index contributed by atoms with van der Waals surface area (Å²) in [6.07, 6.45) is 0.762. The summed E-state index contributed by atoms with van der Waals surface area (Å²) in [6, 6.07) is 1.38. The predicted molar refractivity (Wildman–Crippen MR) is 73.5 cm³/mol. The van der Waals surface area contributed by atoms with Crippen LogP contribution < -0.4 is 4.72 Å². The number of aliphatic hydroxyl groups is 1. The van der Waals surface area contributed by atoms with E-state index >= 15 is 0 Å². The maximum atomic E-state index is 12.2. The normalized spacial score (nSPS) is 26.1. The lowest BCUT2D eigenvalue weighted by molar-refractivity contribution is -0.0908. The van der Waals surface area contributed by atoms with Gasteiger partial charge in [0.05, 0.1) is 12.7 Å². The van der Waals surface area contributed by atoms with Crippen LogP contribution in [0.3, 0.4) is 0 Å². The van der Waals surface area contributed by atoms with Gasteiger partial charge in [-0.05, 0) is 23.4 Å². The molecule has 1 aromatic heterocycles. The van der Waals surface area contributed by atoms with Gasteiger partial charge >= 0.3 is 0 Å². The molecule has 0 amide bonds. The third-order valence-corrected chi connectivity index (χ3v) is 6.80. The quantitative estimate of drug-likeness (QED) is 0.860. The zero-order chi connectivity index (χ0) is 14.3. The maximum absolute atomic E-state index is 12.2. The fourth-order valence-electron chi connectivity index (χ4n) is 2.31. The third-order valence-electron chi connectivity index (χ3n) is 3.84. The lowest BCUT2D eigenvalue weighted by atomic mass is 9.65. The number of aliphatic hydroxyl groups excluding tert-OH is 1. The summed E-state index contributed by atoms with van der Waals surface area (Å²) in [4.78, 5) is 0. The Labute approximate surface area is 117 Å². The van der Waals surface area contributed by atoms with E-state index in [1.807, 2.05) is 13.8 Å². The molecular formula is C12H19NO4S2. The molecule has 2 atom stereocenters. The van der Waals surface area contributed by atoms with Gasteiger partial charge in [0.25, 0.3) is 0 Å². The van der Waals surface area contributed by atoms with Crippen molar-refractivity contribution in [3.8, 4) is 0 Å². The van der Waals surface area contributed by atoms with Crippen molar-refractivity contribution < 1.29 is 18.3 Å². The summed E-state index contributed by atoms with van der Waals surface area (Å²) >= 11 is 1.12. The minimum Gasteiger partial charge on any atom is -0.392 e. The lowest BCUT2D eigenvalue weighted by Crippen LogP contribution is -2.61. The molecule has 0 saturated heterocycles. The Bertz CT molecular complexity index is 550. The van der Waals surface area contributed by atoms with E-state index in [9.17, 15) is 8.42 Å². The Morgan fingerprint density at radius 2 is 2.26 bits per heavy atom. The van der Waals surface area contributed by atoms with Crippen molar-refractivity contribution in [3.63, 3.8) is 0 Å².